The van der Waals surface area contributed by atoms with E-state index in [4.69, 9.17) is 5.26 Å². The van der Waals surface area contributed by atoms with Gasteiger partial charge in [-0.15, -0.1) is 0 Å². The summed E-state index contributed by atoms with van der Waals surface area (Å²) in [5.74, 6) is -0.195. The highest BCUT2D eigenvalue weighted by molar-refractivity contribution is 7.89. The predicted octanol–water partition coefficient (Wildman–Crippen LogP) is 2.10. The summed E-state index contributed by atoms with van der Waals surface area (Å²) in [6.07, 6.45) is 3.05. The van der Waals surface area contributed by atoms with E-state index in [1.54, 1.807) is 65.6 Å². The van der Waals surface area contributed by atoms with E-state index < -0.39 is 10.0 Å². The number of hydrogen-bond donors (Lipinski definition) is 0. The minimum atomic E-state index is -3.53. The maximum Gasteiger partial charge on any atom is 0.246 e. The second kappa shape index (κ2) is 8.16. The van der Waals surface area contributed by atoms with Crippen LogP contribution in [0.1, 0.15) is 11.1 Å². The summed E-state index contributed by atoms with van der Waals surface area (Å²) in [6.45, 7) is 1.17. The highest BCUT2D eigenvalue weighted by Gasteiger charge is 2.29. The average Bonchev–Trinajstić information content (AvgIpc) is 2.73. The lowest BCUT2D eigenvalue weighted by Gasteiger charge is -2.33. The quantitative estimate of drug-likeness (QED) is 0.760. The Bertz CT molecular complexity index is 987. The first-order chi connectivity index (χ1) is 13.0. The Balaban J connectivity index is 1.63. The van der Waals surface area contributed by atoms with Crippen LogP contribution >= 0.6 is 0 Å². The third-order valence-electron chi connectivity index (χ3n) is 4.42. The summed E-state index contributed by atoms with van der Waals surface area (Å²) in [5.41, 5.74) is 1.18. The van der Waals surface area contributed by atoms with Crippen LogP contribution in [-0.2, 0) is 14.8 Å². The number of carbonyl (C=O) groups excluding carboxylic acids is 1. The van der Waals surface area contributed by atoms with E-state index in [1.807, 2.05) is 0 Å². The summed E-state index contributed by atoms with van der Waals surface area (Å²) >= 11 is 0. The molecule has 0 aromatic heterocycles. The summed E-state index contributed by atoms with van der Waals surface area (Å²) in [5, 5.41) is 9.09. The van der Waals surface area contributed by atoms with Gasteiger partial charge in [-0.3, -0.25) is 4.79 Å². The molecule has 2 aromatic carbocycles. The molecular formula is C20H19N3O3S. The van der Waals surface area contributed by atoms with Crippen molar-refractivity contribution in [3.05, 3.63) is 71.8 Å². The number of amides is 1. The first-order valence-corrected chi connectivity index (χ1v) is 9.98. The van der Waals surface area contributed by atoms with Crippen molar-refractivity contribution in [3.63, 3.8) is 0 Å². The zero-order chi connectivity index (χ0) is 19.3. The molecule has 0 spiro atoms. The molecule has 27 heavy (non-hydrogen) atoms. The highest BCUT2D eigenvalue weighted by Crippen LogP contribution is 2.17. The van der Waals surface area contributed by atoms with E-state index in [0.29, 0.717) is 24.2 Å². The summed E-state index contributed by atoms with van der Waals surface area (Å²) < 4.78 is 26.6. The number of carbonyl (C=O) groups is 1. The standard InChI is InChI=1S/C20H19N3O3S/c21-16-18-7-5-4-6-17(18)10-11-20(24)22-12-14-23(15-13-22)27(25,26)19-8-2-1-3-9-19/h1-11H,12-15H2/b11-10+. The smallest absolute Gasteiger partial charge is 0.246 e. The van der Waals surface area contributed by atoms with Gasteiger partial charge in [-0.2, -0.15) is 9.57 Å². The zero-order valence-electron chi connectivity index (χ0n) is 14.7. The number of hydrogen-bond acceptors (Lipinski definition) is 4. The zero-order valence-corrected chi connectivity index (χ0v) is 15.5. The minimum Gasteiger partial charge on any atom is -0.337 e. The number of sulfonamides is 1. The molecule has 1 amide bonds. The molecule has 0 radical (unpaired) electrons. The number of rotatable bonds is 4. The van der Waals surface area contributed by atoms with E-state index in [2.05, 4.69) is 6.07 Å². The van der Waals surface area contributed by atoms with Gasteiger partial charge >= 0.3 is 0 Å². The Hall–Kier alpha value is -2.95. The van der Waals surface area contributed by atoms with Crippen molar-refractivity contribution in [2.24, 2.45) is 0 Å². The Morgan fingerprint density at radius 2 is 1.59 bits per heavy atom. The molecule has 1 fully saturated rings. The Morgan fingerprint density at radius 1 is 0.963 bits per heavy atom. The molecule has 1 aliphatic heterocycles. The minimum absolute atomic E-state index is 0.195. The second-order valence-corrected chi connectivity index (χ2v) is 8.01. The third kappa shape index (κ3) is 4.25. The maximum absolute atomic E-state index is 12.6. The van der Waals surface area contributed by atoms with Crippen LogP contribution in [0.3, 0.4) is 0 Å². The summed E-state index contributed by atoms with van der Waals surface area (Å²) in [6, 6.07) is 17.4. The van der Waals surface area contributed by atoms with Crippen LogP contribution in [0, 0.1) is 11.3 Å². The molecule has 6 nitrogen and oxygen atoms in total. The van der Waals surface area contributed by atoms with Crippen LogP contribution in [0.25, 0.3) is 6.08 Å². The molecular weight excluding hydrogens is 362 g/mol. The molecule has 3 rings (SSSR count). The van der Waals surface area contributed by atoms with Gasteiger partial charge < -0.3 is 4.90 Å². The van der Waals surface area contributed by atoms with Crippen molar-refractivity contribution < 1.29 is 13.2 Å². The van der Waals surface area contributed by atoms with Gasteiger partial charge in [0.2, 0.25) is 15.9 Å². The van der Waals surface area contributed by atoms with Crippen LogP contribution in [0.4, 0.5) is 0 Å². The van der Waals surface area contributed by atoms with E-state index in [9.17, 15) is 13.2 Å². The van der Waals surface area contributed by atoms with Crippen LogP contribution in [0.2, 0.25) is 0 Å². The van der Waals surface area contributed by atoms with Gasteiger partial charge in [-0.1, -0.05) is 36.4 Å². The molecule has 0 unspecified atom stereocenters. The van der Waals surface area contributed by atoms with Gasteiger partial charge in [0.05, 0.1) is 16.5 Å². The Kier molecular flexibility index (Phi) is 5.69. The van der Waals surface area contributed by atoms with Crippen LogP contribution < -0.4 is 0 Å². The number of nitriles is 1. The van der Waals surface area contributed by atoms with Gasteiger partial charge in [0.25, 0.3) is 0 Å². The Labute approximate surface area is 159 Å². The fourth-order valence-electron chi connectivity index (χ4n) is 2.90. The third-order valence-corrected chi connectivity index (χ3v) is 6.33. The molecule has 1 aliphatic rings. The monoisotopic (exact) mass is 381 g/mol. The van der Waals surface area contributed by atoms with Gasteiger partial charge in [0.1, 0.15) is 0 Å². The van der Waals surface area contributed by atoms with Crippen LogP contribution in [-0.4, -0.2) is 49.7 Å². The molecule has 0 saturated carbocycles. The van der Waals surface area contributed by atoms with E-state index >= 15 is 0 Å². The number of nitrogens with zero attached hydrogens (tertiary/aromatic N) is 3. The molecule has 0 N–H and O–H groups in total. The first kappa shape index (κ1) is 18.8. The normalized spacial score (nSPS) is 15.6. The number of benzene rings is 2. The topological polar surface area (TPSA) is 81.5 Å². The molecule has 1 saturated heterocycles. The van der Waals surface area contributed by atoms with Crippen molar-refractivity contribution >= 4 is 22.0 Å². The Morgan fingerprint density at radius 3 is 2.26 bits per heavy atom. The molecule has 0 atom stereocenters. The SMILES string of the molecule is N#Cc1ccccc1/C=C/C(=O)N1CCN(S(=O)(=O)c2ccccc2)CC1. The van der Waals surface area contributed by atoms with Crippen molar-refractivity contribution in [3.8, 4) is 6.07 Å². The van der Waals surface area contributed by atoms with Gasteiger partial charge in [0.15, 0.2) is 0 Å². The van der Waals surface area contributed by atoms with E-state index in [-0.39, 0.29) is 23.9 Å². The fraction of sp³-hybridized carbons (Fsp3) is 0.200. The van der Waals surface area contributed by atoms with Crippen molar-refractivity contribution in [2.45, 2.75) is 4.90 Å². The van der Waals surface area contributed by atoms with Gasteiger partial charge in [-0.05, 0) is 29.8 Å². The summed E-state index contributed by atoms with van der Waals surface area (Å²) in [4.78, 5) is 14.3. The van der Waals surface area contributed by atoms with Crippen LogP contribution in [0.5, 0.6) is 0 Å². The van der Waals surface area contributed by atoms with Gasteiger partial charge in [-0.25, -0.2) is 8.42 Å². The summed E-state index contributed by atoms with van der Waals surface area (Å²) in [7, 11) is -3.53. The molecule has 0 aliphatic carbocycles. The van der Waals surface area contributed by atoms with E-state index in [0.717, 1.165) is 0 Å². The molecule has 2 aromatic rings. The number of piperazine rings is 1. The maximum atomic E-state index is 12.6. The van der Waals surface area contributed by atoms with E-state index in [1.165, 1.54) is 10.4 Å². The average molecular weight is 381 g/mol. The molecule has 1 heterocycles. The lowest BCUT2D eigenvalue weighted by molar-refractivity contribution is -0.127. The molecule has 0 bridgehead atoms. The molecule has 7 heteroatoms. The first-order valence-electron chi connectivity index (χ1n) is 8.53. The molecule has 138 valence electrons. The lowest BCUT2D eigenvalue weighted by atomic mass is 10.1. The largest absolute Gasteiger partial charge is 0.337 e. The second-order valence-electron chi connectivity index (χ2n) is 6.07. The van der Waals surface area contributed by atoms with Gasteiger partial charge in [0, 0.05) is 32.3 Å². The van der Waals surface area contributed by atoms with Crippen molar-refractivity contribution in [2.75, 3.05) is 26.2 Å². The highest BCUT2D eigenvalue weighted by atomic mass is 32.2. The lowest BCUT2D eigenvalue weighted by Crippen LogP contribution is -2.50. The fourth-order valence-corrected chi connectivity index (χ4v) is 4.34. The van der Waals surface area contributed by atoms with Crippen molar-refractivity contribution in [1.82, 2.24) is 9.21 Å². The van der Waals surface area contributed by atoms with Crippen LogP contribution in [0.15, 0.2) is 65.6 Å². The predicted molar refractivity (Wildman–Crippen MR) is 102 cm³/mol. The van der Waals surface area contributed by atoms with Crippen molar-refractivity contribution in [1.29, 1.82) is 5.26 Å².